The highest BCUT2D eigenvalue weighted by molar-refractivity contribution is 7.91. The molecule has 1 aliphatic rings. The maximum absolute atomic E-state index is 12.3. The van der Waals surface area contributed by atoms with E-state index < -0.39 is 16.1 Å². The van der Waals surface area contributed by atoms with Gasteiger partial charge in [0.15, 0.2) is 0 Å². The van der Waals surface area contributed by atoms with E-state index in [-0.39, 0.29) is 22.8 Å². The predicted octanol–water partition coefficient (Wildman–Crippen LogP) is 2.25. The van der Waals surface area contributed by atoms with Crippen LogP contribution in [0.5, 0.6) is 0 Å². The second-order valence-corrected chi connectivity index (χ2v) is 8.90. The van der Waals surface area contributed by atoms with Gasteiger partial charge >= 0.3 is 0 Å². The van der Waals surface area contributed by atoms with Gasteiger partial charge in [0.1, 0.15) is 4.21 Å². The van der Waals surface area contributed by atoms with E-state index in [4.69, 9.17) is 16.3 Å². The molecule has 0 unspecified atom stereocenters. The van der Waals surface area contributed by atoms with Gasteiger partial charge in [-0.3, -0.25) is 0 Å². The molecule has 0 aliphatic heterocycles. The molecule has 1 aromatic rings. The number of nitrogens with one attached hydrogen (secondary N) is 1. The van der Waals surface area contributed by atoms with E-state index in [0.29, 0.717) is 4.34 Å². The van der Waals surface area contributed by atoms with E-state index in [0.717, 1.165) is 37.0 Å². The van der Waals surface area contributed by atoms with Crippen LogP contribution in [-0.2, 0) is 14.8 Å². The van der Waals surface area contributed by atoms with Crippen LogP contribution in [0.2, 0.25) is 4.34 Å². The summed E-state index contributed by atoms with van der Waals surface area (Å²) in [5.74, 6) is 0.131. The minimum absolute atomic E-state index is 0.131. The van der Waals surface area contributed by atoms with E-state index in [2.05, 4.69) is 4.72 Å². The molecule has 0 radical (unpaired) electrons. The molecule has 0 aromatic carbocycles. The molecule has 0 amide bonds. The van der Waals surface area contributed by atoms with Crippen LogP contribution in [-0.4, -0.2) is 39.4 Å². The Hall–Kier alpha value is -0.180. The summed E-state index contributed by atoms with van der Waals surface area (Å²) < 4.78 is 33.1. The van der Waals surface area contributed by atoms with E-state index >= 15 is 0 Å². The molecule has 1 saturated carbocycles. The SMILES string of the molecule is COC1CCC([C@@H](CO)NS(=O)(=O)c2ccc(Cl)s2)CC1. The van der Waals surface area contributed by atoms with Gasteiger partial charge in [-0.25, -0.2) is 13.1 Å². The van der Waals surface area contributed by atoms with Crippen LogP contribution in [0.4, 0.5) is 0 Å². The van der Waals surface area contributed by atoms with Crippen LogP contribution in [0.1, 0.15) is 25.7 Å². The van der Waals surface area contributed by atoms with E-state index in [1.807, 2.05) is 0 Å². The molecule has 1 aliphatic carbocycles. The summed E-state index contributed by atoms with van der Waals surface area (Å²) in [6.45, 7) is -0.208. The van der Waals surface area contributed by atoms with Crippen molar-refractivity contribution in [2.24, 2.45) is 5.92 Å². The highest BCUT2D eigenvalue weighted by Crippen LogP contribution is 2.30. The van der Waals surface area contributed by atoms with Crippen LogP contribution >= 0.6 is 22.9 Å². The number of methoxy groups -OCH3 is 1. The lowest BCUT2D eigenvalue weighted by molar-refractivity contribution is 0.0469. The Morgan fingerprint density at radius 3 is 2.57 bits per heavy atom. The Bertz CT molecular complexity index is 552. The molecule has 5 nitrogen and oxygen atoms in total. The fourth-order valence-corrected chi connectivity index (χ4v) is 5.50. The summed E-state index contributed by atoms with van der Waals surface area (Å²) in [4.78, 5) is 0. The number of rotatable bonds is 6. The molecule has 1 aromatic heterocycles. The van der Waals surface area contributed by atoms with Gasteiger partial charge in [-0.15, -0.1) is 11.3 Å². The fourth-order valence-electron chi connectivity index (χ4n) is 2.71. The number of aliphatic hydroxyl groups excluding tert-OH is 1. The zero-order valence-corrected chi connectivity index (χ0v) is 14.2. The van der Waals surface area contributed by atoms with Gasteiger partial charge < -0.3 is 9.84 Å². The second kappa shape index (κ2) is 7.39. The molecule has 0 saturated heterocycles. The fraction of sp³-hybridized carbons (Fsp3) is 0.692. The molecule has 21 heavy (non-hydrogen) atoms. The van der Waals surface area contributed by atoms with Crippen molar-refractivity contribution in [2.45, 2.75) is 42.0 Å². The van der Waals surface area contributed by atoms with Crippen LogP contribution in [0.25, 0.3) is 0 Å². The quantitative estimate of drug-likeness (QED) is 0.822. The standard InChI is InChI=1S/C13H20ClNO4S2/c1-19-10-4-2-9(3-5-10)11(8-16)15-21(17,18)13-7-6-12(14)20-13/h6-7,9-11,15-16H,2-5,8H2,1H3/t9?,10?,11-/m1/s1. The third-order valence-corrected chi connectivity index (χ3v) is 7.15. The highest BCUT2D eigenvalue weighted by Gasteiger charge is 2.31. The average molecular weight is 354 g/mol. The van der Waals surface area contributed by atoms with Crippen LogP contribution in [0.15, 0.2) is 16.3 Å². The molecular weight excluding hydrogens is 334 g/mol. The van der Waals surface area contributed by atoms with Gasteiger partial charge in [0, 0.05) is 13.2 Å². The van der Waals surface area contributed by atoms with Gasteiger partial charge in [-0.1, -0.05) is 11.6 Å². The third kappa shape index (κ3) is 4.40. The minimum atomic E-state index is -3.63. The molecule has 8 heteroatoms. The molecule has 2 N–H and O–H groups in total. The average Bonchev–Trinajstić information content (AvgIpc) is 2.92. The minimum Gasteiger partial charge on any atom is -0.395 e. The summed E-state index contributed by atoms with van der Waals surface area (Å²) in [6, 6.07) is 2.57. The van der Waals surface area contributed by atoms with Crippen molar-refractivity contribution in [3.8, 4) is 0 Å². The van der Waals surface area contributed by atoms with Crippen molar-refractivity contribution < 1.29 is 18.3 Å². The van der Waals surface area contributed by atoms with Crippen molar-refractivity contribution in [2.75, 3.05) is 13.7 Å². The lowest BCUT2D eigenvalue weighted by Gasteiger charge is -2.32. The Morgan fingerprint density at radius 1 is 1.43 bits per heavy atom. The first-order valence-corrected chi connectivity index (χ1v) is 9.55. The summed E-state index contributed by atoms with van der Waals surface area (Å²) in [5, 5.41) is 9.54. The van der Waals surface area contributed by atoms with Gasteiger partial charge in [-0.2, -0.15) is 0 Å². The number of thiophene rings is 1. The van der Waals surface area contributed by atoms with Gasteiger partial charge in [-0.05, 0) is 43.7 Å². The Balaban J connectivity index is 2.02. The van der Waals surface area contributed by atoms with Crippen molar-refractivity contribution in [1.82, 2.24) is 4.72 Å². The number of aliphatic hydroxyl groups is 1. The molecule has 0 bridgehead atoms. The van der Waals surface area contributed by atoms with Crippen LogP contribution < -0.4 is 4.72 Å². The van der Waals surface area contributed by atoms with E-state index in [1.165, 1.54) is 6.07 Å². The van der Waals surface area contributed by atoms with E-state index in [9.17, 15) is 13.5 Å². The summed E-state index contributed by atoms with van der Waals surface area (Å²) >= 11 is 6.79. The molecule has 1 atom stereocenters. The first-order chi connectivity index (χ1) is 9.96. The smallest absolute Gasteiger partial charge is 0.250 e. The third-order valence-electron chi connectivity index (χ3n) is 3.94. The lowest BCUT2D eigenvalue weighted by Crippen LogP contribution is -2.44. The van der Waals surface area contributed by atoms with Gasteiger partial charge in [0.2, 0.25) is 10.0 Å². The second-order valence-electron chi connectivity index (χ2n) is 5.24. The lowest BCUT2D eigenvalue weighted by atomic mass is 9.83. The summed E-state index contributed by atoms with van der Waals surface area (Å²) in [5.41, 5.74) is 0. The Kier molecular flexibility index (Phi) is 6.05. The Morgan fingerprint density at radius 2 is 2.10 bits per heavy atom. The summed E-state index contributed by atoms with van der Waals surface area (Å²) in [7, 11) is -1.93. The first-order valence-electron chi connectivity index (χ1n) is 6.87. The van der Waals surface area contributed by atoms with Crippen molar-refractivity contribution in [3.05, 3.63) is 16.5 Å². The molecular formula is C13H20ClNO4S2. The molecule has 120 valence electrons. The number of hydrogen-bond donors (Lipinski definition) is 2. The maximum Gasteiger partial charge on any atom is 0.250 e. The topological polar surface area (TPSA) is 75.6 Å². The largest absolute Gasteiger partial charge is 0.395 e. The maximum atomic E-state index is 12.3. The monoisotopic (exact) mass is 353 g/mol. The number of halogens is 1. The van der Waals surface area contributed by atoms with Crippen molar-refractivity contribution >= 4 is 33.0 Å². The normalized spacial score (nSPS) is 24.9. The first kappa shape index (κ1) is 17.2. The highest BCUT2D eigenvalue weighted by atomic mass is 35.5. The number of ether oxygens (including phenoxy) is 1. The molecule has 1 heterocycles. The van der Waals surface area contributed by atoms with E-state index in [1.54, 1.807) is 13.2 Å². The summed E-state index contributed by atoms with van der Waals surface area (Å²) in [6.07, 6.45) is 3.72. The molecule has 1 fully saturated rings. The number of sulfonamides is 1. The zero-order chi connectivity index (χ0) is 15.5. The molecule has 2 rings (SSSR count). The van der Waals surface area contributed by atoms with Crippen LogP contribution in [0, 0.1) is 5.92 Å². The van der Waals surface area contributed by atoms with Crippen molar-refractivity contribution in [3.63, 3.8) is 0 Å². The van der Waals surface area contributed by atoms with Crippen LogP contribution in [0.3, 0.4) is 0 Å². The zero-order valence-electron chi connectivity index (χ0n) is 11.8. The van der Waals surface area contributed by atoms with Gasteiger partial charge in [0.05, 0.1) is 17.0 Å². The number of hydrogen-bond acceptors (Lipinski definition) is 5. The van der Waals surface area contributed by atoms with Crippen molar-refractivity contribution in [1.29, 1.82) is 0 Å². The molecule has 0 spiro atoms. The predicted molar refractivity (Wildman–Crippen MR) is 83.3 cm³/mol. The van der Waals surface area contributed by atoms with Gasteiger partial charge in [0.25, 0.3) is 0 Å². The Labute approximate surface area is 134 Å².